The van der Waals surface area contributed by atoms with Crippen LogP contribution in [0.4, 0.5) is 0 Å². The summed E-state index contributed by atoms with van der Waals surface area (Å²) in [6, 6.07) is 15.0. The first-order valence-electron chi connectivity index (χ1n) is 7.17. The maximum absolute atomic E-state index is 11.7. The van der Waals surface area contributed by atoms with Gasteiger partial charge in [0, 0.05) is 9.51 Å². The predicted octanol–water partition coefficient (Wildman–Crippen LogP) is 4.57. The first-order valence-corrected chi connectivity index (χ1v) is 8.35. The van der Waals surface area contributed by atoms with Crippen LogP contribution in [0.1, 0.15) is 11.1 Å². The highest BCUT2D eigenvalue weighted by molar-refractivity contribution is 9.12. The molecule has 0 bridgehead atoms. The first kappa shape index (κ1) is 18.2. The van der Waals surface area contributed by atoms with E-state index >= 15 is 0 Å². The number of benzene rings is 2. The second-order valence-electron chi connectivity index (χ2n) is 4.93. The molecule has 4 nitrogen and oxygen atoms in total. The molecule has 2 aromatic carbocycles. The van der Waals surface area contributed by atoms with Gasteiger partial charge in [0.2, 0.25) is 0 Å². The fourth-order valence-corrected chi connectivity index (χ4v) is 2.46. The van der Waals surface area contributed by atoms with Gasteiger partial charge in [-0.05, 0) is 58.3 Å². The number of halogens is 2. The van der Waals surface area contributed by atoms with E-state index in [1.54, 1.807) is 18.2 Å². The summed E-state index contributed by atoms with van der Waals surface area (Å²) < 4.78 is 6.18. The Bertz CT molecular complexity index is 761. The molecule has 0 aliphatic carbocycles. The van der Waals surface area contributed by atoms with Crippen molar-refractivity contribution in [1.82, 2.24) is 5.43 Å². The highest BCUT2D eigenvalue weighted by Crippen LogP contribution is 2.21. The second-order valence-corrected chi connectivity index (χ2v) is 6.28. The van der Waals surface area contributed by atoms with Gasteiger partial charge >= 0.3 is 0 Å². The van der Waals surface area contributed by atoms with Crippen molar-refractivity contribution in [3.05, 3.63) is 69.2 Å². The Morgan fingerprint density at radius 3 is 2.75 bits per heavy atom. The molecule has 0 spiro atoms. The Morgan fingerprint density at radius 1 is 1.29 bits per heavy atom. The third-order valence-electron chi connectivity index (χ3n) is 2.98. The average molecular weight is 408 g/mol. The van der Waals surface area contributed by atoms with Crippen LogP contribution in [0, 0.1) is 6.92 Å². The van der Waals surface area contributed by atoms with Gasteiger partial charge < -0.3 is 4.74 Å². The van der Waals surface area contributed by atoms with Gasteiger partial charge in [0.15, 0.2) is 6.61 Å². The maximum atomic E-state index is 11.7. The number of aryl methyl sites for hydroxylation is 1. The standard InChI is InChI=1S/C18H16BrClN2O2/c1-13-9-16(20)7-8-17(13)24-12-18(23)22-21-11-15(19)10-14-5-3-2-4-6-14/h2-11H,12H2,1H3,(H,22,23). The third-order valence-corrected chi connectivity index (χ3v) is 3.65. The van der Waals surface area contributed by atoms with Crippen LogP contribution >= 0.6 is 27.5 Å². The van der Waals surface area contributed by atoms with Crippen molar-refractivity contribution in [3.8, 4) is 5.75 Å². The molecule has 0 radical (unpaired) electrons. The van der Waals surface area contributed by atoms with Crippen molar-refractivity contribution in [1.29, 1.82) is 0 Å². The fraction of sp³-hybridized carbons (Fsp3) is 0.111. The molecule has 0 atom stereocenters. The van der Waals surface area contributed by atoms with Crippen LogP contribution in [0.25, 0.3) is 6.08 Å². The molecule has 6 heteroatoms. The molecule has 24 heavy (non-hydrogen) atoms. The van der Waals surface area contributed by atoms with Gasteiger partial charge in [-0.1, -0.05) is 41.9 Å². The second kappa shape index (κ2) is 9.25. The summed E-state index contributed by atoms with van der Waals surface area (Å²) >= 11 is 9.25. The highest BCUT2D eigenvalue weighted by atomic mass is 79.9. The zero-order valence-corrected chi connectivity index (χ0v) is 15.3. The third kappa shape index (κ3) is 6.18. The number of allylic oxidation sites excluding steroid dienone is 1. The van der Waals surface area contributed by atoms with E-state index < -0.39 is 0 Å². The Labute approximate surface area is 154 Å². The van der Waals surface area contributed by atoms with Crippen LogP contribution in [0.2, 0.25) is 5.02 Å². The summed E-state index contributed by atoms with van der Waals surface area (Å²) in [6.45, 7) is 1.74. The SMILES string of the molecule is Cc1cc(Cl)ccc1OCC(=O)NN=CC(Br)=Cc1ccccc1. The predicted molar refractivity (Wildman–Crippen MR) is 102 cm³/mol. The van der Waals surface area contributed by atoms with E-state index in [-0.39, 0.29) is 12.5 Å². The molecule has 0 unspecified atom stereocenters. The van der Waals surface area contributed by atoms with Gasteiger partial charge in [-0.15, -0.1) is 0 Å². The molecule has 0 saturated carbocycles. The Balaban J connectivity index is 1.81. The quantitative estimate of drug-likeness (QED) is 0.563. The summed E-state index contributed by atoms with van der Waals surface area (Å²) in [4.78, 5) is 11.7. The number of nitrogens with zero attached hydrogens (tertiary/aromatic N) is 1. The minimum absolute atomic E-state index is 0.125. The molecule has 1 amide bonds. The molecular formula is C18H16BrClN2O2. The summed E-state index contributed by atoms with van der Waals surface area (Å²) in [7, 11) is 0. The molecule has 0 aliphatic rings. The Hall–Kier alpha value is -2.11. The zero-order chi connectivity index (χ0) is 17.4. The number of hydrazone groups is 1. The fourth-order valence-electron chi connectivity index (χ4n) is 1.86. The lowest BCUT2D eigenvalue weighted by molar-refractivity contribution is -0.123. The molecule has 1 N–H and O–H groups in total. The molecule has 124 valence electrons. The highest BCUT2D eigenvalue weighted by Gasteiger charge is 2.04. The van der Waals surface area contributed by atoms with Gasteiger partial charge in [0.1, 0.15) is 5.75 Å². The van der Waals surface area contributed by atoms with Crippen LogP contribution in [0.5, 0.6) is 5.75 Å². The summed E-state index contributed by atoms with van der Waals surface area (Å²) in [6.07, 6.45) is 3.40. The van der Waals surface area contributed by atoms with E-state index in [4.69, 9.17) is 16.3 Å². The van der Waals surface area contributed by atoms with E-state index in [0.29, 0.717) is 10.8 Å². The van der Waals surface area contributed by atoms with Gasteiger partial charge in [0.25, 0.3) is 5.91 Å². The molecule has 2 rings (SSSR count). The number of amides is 1. The minimum Gasteiger partial charge on any atom is -0.483 e. The van der Waals surface area contributed by atoms with E-state index in [0.717, 1.165) is 15.6 Å². The van der Waals surface area contributed by atoms with Crippen LogP contribution in [-0.2, 0) is 4.79 Å². The topological polar surface area (TPSA) is 50.7 Å². The molecule has 0 fully saturated rings. The van der Waals surface area contributed by atoms with E-state index in [2.05, 4.69) is 26.5 Å². The number of hydrogen-bond acceptors (Lipinski definition) is 3. The number of nitrogens with one attached hydrogen (secondary N) is 1. The van der Waals surface area contributed by atoms with Crippen molar-refractivity contribution >= 4 is 45.7 Å². The van der Waals surface area contributed by atoms with Gasteiger partial charge in [-0.25, -0.2) is 5.43 Å². The number of hydrogen-bond donors (Lipinski definition) is 1. The lowest BCUT2D eigenvalue weighted by atomic mass is 10.2. The monoisotopic (exact) mass is 406 g/mol. The summed E-state index contributed by atoms with van der Waals surface area (Å²) in [5, 5.41) is 4.50. The molecule has 0 aliphatic heterocycles. The molecule has 0 saturated heterocycles. The zero-order valence-electron chi connectivity index (χ0n) is 13.0. The molecule has 0 aromatic heterocycles. The molecule has 0 heterocycles. The van der Waals surface area contributed by atoms with Crippen molar-refractivity contribution in [2.24, 2.45) is 5.10 Å². The number of carbonyl (C=O) groups is 1. The van der Waals surface area contributed by atoms with E-state index in [1.807, 2.05) is 43.3 Å². The Morgan fingerprint density at radius 2 is 2.04 bits per heavy atom. The smallest absolute Gasteiger partial charge is 0.277 e. The number of carbonyl (C=O) groups excluding carboxylic acids is 1. The van der Waals surface area contributed by atoms with E-state index in [9.17, 15) is 4.79 Å². The van der Waals surface area contributed by atoms with Crippen molar-refractivity contribution in [3.63, 3.8) is 0 Å². The minimum atomic E-state index is -0.347. The molecular weight excluding hydrogens is 392 g/mol. The summed E-state index contributed by atoms with van der Waals surface area (Å²) in [5.74, 6) is 0.268. The van der Waals surface area contributed by atoms with Crippen LogP contribution in [-0.4, -0.2) is 18.7 Å². The van der Waals surface area contributed by atoms with Crippen molar-refractivity contribution < 1.29 is 9.53 Å². The first-order chi connectivity index (χ1) is 11.5. The largest absolute Gasteiger partial charge is 0.483 e. The van der Waals surface area contributed by atoms with E-state index in [1.165, 1.54) is 6.21 Å². The molecule has 2 aromatic rings. The Kier molecular flexibility index (Phi) is 7.03. The van der Waals surface area contributed by atoms with Crippen LogP contribution in [0.15, 0.2) is 58.1 Å². The summed E-state index contributed by atoms with van der Waals surface area (Å²) in [5.41, 5.74) is 4.31. The lowest BCUT2D eigenvalue weighted by Crippen LogP contribution is -2.24. The number of rotatable bonds is 6. The van der Waals surface area contributed by atoms with Crippen molar-refractivity contribution in [2.45, 2.75) is 6.92 Å². The van der Waals surface area contributed by atoms with Gasteiger partial charge in [-0.2, -0.15) is 5.10 Å². The van der Waals surface area contributed by atoms with Crippen molar-refractivity contribution in [2.75, 3.05) is 6.61 Å². The number of ether oxygens (including phenoxy) is 1. The van der Waals surface area contributed by atoms with Crippen LogP contribution < -0.4 is 10.2 Å². The lowest BCUT2D eigenvalue weighted by Gasteiger charge is -2.08. The average Bonchev–Trinajstić information content (AvgIpc) is 2.55. The van der Waals surface area contributed by atoms with Crippen LogP contribution in [0.3, 0.4) is 0 Å². The van der Waals surface area contributed by atoms with Gasteiger partial charge in [-0.3, -0.25) is 4.79 Å². The van der Waals surface area contributed by atoms with Gasteiger partial charge in [0.05, 0.1) is 6.21 Å². The maximum Gasteiger partial charge on any atom is 0.277 e. The normalized spacial score (nSPS) is 11.5.